The summed E-state index contributed by atoms with van der Waals surface area (Å²) < 4.78 is 18.0. The minimum absolute atomic E-state index is 0.0548. The van der Waals surface area contributed by atoms with Crippen LogP contribution in [0.1, 0.15) is 16.3 Å². The van der Waals surface area contributed by atoms with Gasteiger partial charge >= 0.3 is 5.97 Å². The fourth-order valence-corrected chi connectivity index (χ4v) is 2.61. The number of hydrogen-bond donors (Lipinski definition) is 2. The summed E-state index contributed by atoms with van der Waals surface area (Å²) in [5.74, 6) is -0.952. The normalized spacial score (nSPS) is 10.5. The number of carbonyl (C=O) groups is 1. The van der Waals surface area contributed by atoms with Crippen molar-refractivity contribution in [3.05, 3.63) is 47.0 Å². The number of esters is 1. The zero-order chi connectivity index (χ0) is 17.1. The van der Waals surface area contributed by atoms with Crippen LogP contribution in [-0.4, -0.2) is 25.9 Å². The van der Waals surface area contributed by atoms with Gasteiger partial charge in [-0.1, -0.05) is 0 Å². The third-order valence-corrected chi connectivity index (χ3v) is 3.74. The van der Waals surface area contributed by atoms with E-state index in [1.54, 1.807) is 17.5 Å². The molecule has 8 nitrogen and oxygen atoms in total. The Morgan fingerprint density at radius 3 is 2.42 bits per heavy atom. The lowest BCUT2D eigenvalue weighted by atomic mass is 10.2. The van der Waals surface area contributed by atoms with Gasteiger partial charge in [0.25, 0.3) is 0 Å². The Labute approximate surface area is 139 Å². The highest BCUT2D eigenvalue weighted by Gasteiger charge is 2.14. The second kappa shape index (κ2) is 6.54. The van der Waals surface area contributed by atoms with Crippen molar-refractivity contribution in [3.8, 4) is 10.6 Å². The molecule has 3 rings (SSSR count). The maximum absolute atomic E-state index is 12.9. The van der Waals surface area contributed by atoms with Crippen LogP contribution in [0.25, 0.3) is 10.6 Å². The summed E-state index contributed by atoms with van der Waals surface area (Å²) in [4.78, 5) is 27.4. The van der Waals surface area contributed by atoms with Crippen molar-refractivity contribution in [1.82, 2.24) is 19.9 Å². The van der Waals surface area contributed by atoms with Crippen molar-refractivity contribution < 1.29 is 13.9 Å². The first-order chi connectivity index (χ1) is 11.5. The number of hydrogen-bond acceptors (Lipinski definition) is 9. The highest BCUT2D eigenvalue weighted by Crippen LogP contribution is 2.24. The Balaban J connectivity index is 1.68. The van der Waals surface area contributed by atoms with Crippen molar-refractivity contribution in [2.75, 3.05) is 11.5 Å². The van der Waals surface area contributed by atoms with E-state index in [1.165, 1.54) is 23.5 Å². The van der Waals surface area contributed by atoms with Gasteiger partial charge in [-0.25, -0.2) is 14.2 Å². The van der Waals surface area contributed by atoms with Crippen LogP contribution in [0.15, 0.2) is 29.6 Å². The molecule has 0 radical (unpaired) electrons. The topological polar surface area (TPSA) is 130 Å². The Morgan fingerprint density at radius 2 is 1.75 bits per heavy atom. The van der Waals surface area contributed by atoms with E-state index in [9.17, 15) is 9.18 Å². The summed E-state index contributed by atoms with van der Waals surface area (Å²) in [6.45, 7) is -0.209. The van der Waals surface area contributed by atoms with Gasteiger partial charge in [0, 0.05) is 10.9 Å². The molecule has 0 bridgehead atoms. The largest absolute Gasteiger partial charge is 0.453 e. The molecule has 4 N–H and O–H groups in total. The van der Waals surface area contributed by atoms with E-state index >= 15 is 0 Å². The number of aromatic nitrogens is 4. The maximum Gasteiger partial charge on any atom is 0.358 e. The van der Waals surface area contributed by atoms with Crippen LogP contribution in [0, 0.1) is 5.82 Å². The first kappa shape index (κ1) is 15.7. The summed E-state index contributed by atoms with van der Waals surface area (Å²) in [7, 11) is 0. The number of halogens is 1. The molecule has 3 aromatic rings. The van der Waals surface area contributed by atoms with E-state index in [1.807, 2.05) is 0 Å². The SMILES string of the molecule is Nc1nc(N)nc(COC(=O)c2csc(-c3ccc(F)cc3)n2)n1. The number of thiazole rings is 1. The van der Waals surface area contributed by atoms with E-state index in [4.69, 9.17) is 16.2 Å². The molecule has 0 atom stereocenters. The molecule has 10 heteroatoms. The zero-order valence-corrected chi connectivity index (χ0v) is 13.0. The van der Waals surface area contributed by atoms with Gasteiger partial charge in [0.05, 0.1) is 0 Å². The van der Waals surface area contributed by atoms with Crippen molar-refractivity contribution in [2.24, 2.45) is 0 Å². The van der Waals surface area contributed by atoms with E-state index in [0.29, 0.717) is 10.6 Å². The van der Waals surface area contributed by atoms with E-state index < -0.39 is 5.97 Å². The number of nitrogens with zero attached hydrogens (tertiary/aromatic N) is 4. The van der Waals surface area contributed by atoms with Gasteiger partial charge in [0.2, 0.25) is 11.9 Å². The standard InChI is InChI=1S/C14H11FN6O2S/c15-8-3-1-7(2-4-8)11-18-9(6-24-11)12(22)23-5-10-19-13(16)21-14(17)20-10/h1-4,6H,5H2,(H4,16,17,19,20,21). The summed E-state index contributed by atoms with van der Waals surface area (Å²) in [6.07, 6.45) is 0. The molecule has 0 unspecified atom stereocenters. The molecule has 0 amide bonds. The van der Waals surface area contributed by atoms with Gasteiger partial charge in [0.15, 0.2) is 18.1 Å². The Bertz CT molecular complexity index is 863. The average Bonchev–Trinajstić information content (AvgIpc) is 3.02. The summed E-state index contributed by atoms with van der Waals surface area (Å²) >= 11 is 1.25. The van der Waals surface area contributed by atoms with Crippen molar-refractivity contribution in [1.29, 1.82) is 0 Å². The molecule has 1 aromatic carbocycles. The number of rotatable bonds is 4. The van der Waals surface area contributed by atoms with Crippen molar-refractivity contribution in [2.45, 2.75) is 6.61 Å². The van der Waals surface area contributed by atoms with Crippen LogP contribution in [0.5, 0.6) is 0 Å². The number of nitrogen functional groups attached to an aromatic ring is 2. The fourth-order valence-electron chi connectivity index (χ4n) is 1.82. The van der Waals surface area contributed by atoms with E-state index in [-0.39, 0.29) is 35.8 Å². The van der Waals surface area contributed by atoms with Gasteiger partial charge in [-0.2, -0.15) is 15.0 Å². The number of benzene rings is 1. The third-order valence-electron chi connectivity index (χ3n) is 2.85. The second-order valence-corrected chi connectivity index (χ2v) is 5.45. The van der Waals surface area contributed by atoms with Gasteiger partial charge in [-0.3, -0.25) is 0 Å². The molecule has 0 aliphatic carbocycles. The van der Waals surface area contributed by atoms with Crippen LogP contribution in [-0.2, 0) is 11.3 Å². The summed E-state index contributed by atoms with van der Waals surface area (Å²) in [6, 6.07) is 5.81. The van der Waals surface area contributed by atoms with Gasteiger partial charge < -0.3 is 16.2 Å². The minimum Gasteiger partial charge on any atom is -0.453 e. The molecule has 0 spiro atoms. The second-order valence-electron chi connectivity index (χ2n) is 4.59. The molecular weight excluding hydrogens is 335 g/mol. The van der Waals surface area contributed by atoms with Crippen LogP contribution >= 0.6 is 11.3 Å². The molecule has 0 aliphatic rings. The van der Waals surface area contributed by atoms with Crippen molar-refractivity contribution >= 4 is 29.2 Å². The number of ether oxygens (including phenoxy) is 1. The first-order valence-corrected chi connectivity index (χ1v) is 7.54. The molecule has 2 heterocycles. The van der Waals surface area contributed by atoms with Gasteiger partial charge in [0.1, 0.15) is 10.8 Å². The number of anilines is 2. The first-order valence-electron chi connectivity index (χ1n) is 6.66. The van der Waals surface area contributed by atoms with Gasteiger partial charge in [-0.15, -0.1) is 11.3 Å². The predicted molar refractivity (Wildman–Crippen MR) is 85.3 cm³/mol. The maximum atomic E-state index is 12.9. The van der Waals surface area contributed by atoms with Crippen LogP contribution in [0.3, 0.4) is 0 Å². The highest BCUT2D eigenvalue weighted by atomic mass is 32.1. The van der Waals surface area contributed by atoms with Crippen LogP contribution < -0.4 is 11.5 Å². The Hall–Kier alpha value is -3.14. The third kappa shape index (κ3) is 3.60. The van der Waals surface area contributed by atoms with E-state index in [0.717, 1.165) is 0 Å². The van der Waals surface area contributed by atoms with Crippen LogP contribution in [0.4, 0.5) is 16.3 Å². The number of carbonyl (C=O) groups excluding carboxylic acids is 1. The Kier molecular flexibility index (Phi) is 4.29. The quantitative estimate of drug-likeness (QED) is 0.682. The minimum atomic E-state index is -0.642. The average molecular weight is 346 g/mol. The summed E-state index contributed by atoms with van der Waals surface area (Å²) in [5, 5.41) is 2.13. The molecule has 0 saturated carbocycles. The number of nitrogens with two attached hydrogens (primary N) is 2. The molecule has 0 fully saturated rings. The lowest BCUT2D eigenvalue weighted by molar-refractivity contribution is 0.0456. The molecular formula is C14H11FN6O2S. The molecule has 0 aliphatic heterocycles. The summed E-state index contributed by atoms with van der Waals surface area (Å²) in [5.41, 5.74) is 11.7. The molecule has 122 valence electrons. The highest BCUT2D eigenvalue weighted by molar-refractivity contribution is 7.13. The lowest BCUT2D eigenvalue weighted by Gasteiger charge is -2.03. The predicted octanol–water partition coefficient (Wildman–Crippen LogP) is 1.66. The zero-order valence-electron chi connectivity index (χ0n) is 12.1. The lowest BCUT2D eigenvalue weighted by Crippen LogP contribution is -2.11. The Morgan fingerprint density at radius 1 is 1.08 bits per heavy atom. The van der Waals surface area contributed by atoms with Crippen molar-refractivity contribution in [3.63, 3.8) is 0 Å². The smallest absolute Gasteiger partial charge is 0.358 e. The van der Waals surface area contributed by atoms with Gasteiger partial charge in [-0.05, 0) is 24.3 Å². The molecule has 0 saturated heterocycles. The van der Waals surface area contributed by atoms with E-state index in [2.05, 4.69) is 19.9 Å². The molecule has 2 aromatic heterocycles. The molecule has 24 heavy (non-hydrogen) atoms. The van der Waals surface area contributed by atoms with Crippen LogP contribution in [0.2, 0.25) is 0 Å². The fraction of sp³-hybridized carbons (Fsp3) is 0.0714. The monoisotopic (exact) mass is 346 g/mol.